The van der Waals surface area contributed by atoms with E-state index >= 15 is 0 Å². The number of piperidine rings is 1. The van der Waals surface area contributed by atoms with Gasteiger partial charge in [-0.05, 0) is 43.2 Å². The molecule has 36 heavy (non-hydrogen) atoms. The summed E-state index contributed by atoms with van der Waals surface area (Å²) in [6.45, 7) is 3.64. The molecule has 0 amide bonds. The fourth-order valence-electron chi connectivity index (χ4n) is 5.49. The second kappa shape index (κ2) is 9.50. The minimum atomic E-state index is 0.430. The number of hydrogen-bond donors (Lipinski definition) is 0. The summed E-state index contributed by atoms with van der Waals surface area (Å²) >= 11 is 0. The first-order chi connectivity index (χ1) is 17.7. The number of hydrogen-bond acceptors (Lipinski definition) is 5. The van der Waals surface area contributed by atoms with Crippen molar-refractivity contribution in [3.63, 3.8) is 0 Å². The van der Waals surface area contributed by atoms with Gasteiger partial charge < -0.3 is 4.48 Å². The lowest BCUT2D eigenvalue weighted by Crippen LogP contribution is -2.52. The minimum Gasteiger partial charge on any atom is -0.313 e. The third kappa shape index (κ3) is 4.57. The van der Waals surface area contributed by atoms with Crippen LogP contribution in [0.4, 0.5) is 0 Å². The van der Waals surface area contributed by atoms with Crippen molar-refractivity contribution in [3.8, 4) is 11.4 Å². The topological polar surface area (TPSA) is 79.2 Å². The van der Waals surface area contributed by atoms with Crippen molar-refractivity contribution in [1.82, 2.24) is 39.8 Å². The molecule has 1 aliphatic rings. The van der Waals surface area contributed by atoms with E-state index in [1.165, 1.54) is 5.69 Å². The van der Waals surface area contributed by atoms with Gasteiger partial charge in [-0.3, -0.25) is 4.68 Å². The van der Waals surface area contributed by atoms with Crippen molar-refractivity contribution in [2.75, 3.05) is 13.1 Å². The number of benzene rings is 2. The highest BCUT2D eigenvalue weighted by Gasteiger charge is 2.38. The molecule has 0 N–H and O–H groups in total. The lowest BCUT2D eigenvalue weighted by molar-refractivity contribution is -0.959. The van der Waals surface area contributed by atoms with Crippen molar-refractivity contribution in [2.45, 2.75) is 31.8 Å². The Morgan fingerprint density at radius 1 is 0.778 bits per heavy atom. The molecule has 1 atom stereocenters. The molecule has 5 aromatic rings. The summed E-state index contributed by atoms with van der Waals surface area (Å²) < 4.78 is 2.87. The van der Waals surface area contributed by atoms with Gasteiger partial charge in [-0.2, -0.15) is 24.9 Å². The number of para-hydroxylation sites is 2. The summed E-state index contributed by atoms with van der Waals surface area (Å²) in [7, 11) is 2.04. The molecule has 0 radical (unpaired) electrons. The number of nitrogens with zero attached hydrogens (tertiary/aromatic N) is 9. The SMILES string of the molecule is Cn1nccc1[C@H]1CCC[N+](Cc2cnn(-c3ccccc3)n2)(Cc2cnn(-c3ccccc3)n2)C1. The molecule has 9 nitrogen and oxygen atoms in total. The molecule has 1 fully saturated rings. The van der Waals surface area contributed by atoms with Crippen molar-refractivity contribution < 1.29 is 4.48 Å². The summed E-state index contributed by atoms with van der Waals surface area (Å²) in [6, 6.07) is 22.3. The Bertz CT molecular complexity index is 1340. The first-order valence-electron chi connectivity index (χ1n) is 12.4. The summed E-state index contributed by atoms with van der Waals surface area (Å²) in [5.41, 5.74) is 5.19. The van der Waals surface area contributed by atoms with E-state index in [-0.39, 0.29) is 0 Å². The molecule has 0 bridgehead atoms. The maximum absolute atomic E-state index is 4.85. The molecule has 1 aliphatic heterocycles. The van der Waals surface area contributed by atoms with Gasteiger partial charge >= 0.3 is 0 Å². The first-order valence-corrected chi connectivity index (χ1v) is 12.4. The third-order valence-corrected chi connectivity index (χ3v) is 7.12. The molecular weight excluding hydrogens is 450 g/mol. The van der Waals surface area contributed by atoms with Crippen LogP contribution in [0, 0.1) is 0 Å². The Kier molecular flexibility index (Phi) is 5.90. The quantitative estimate of drug-likeness (QED) is 0.332. The molecule has 0 aliphatic carbocycles. The fraction of sp³-hybridized carbons (Fsp3) is 0.296. The van der Waals surface area contributed by atoms with Crippen LogP contribution in [0.1, 0.15) is 35.8 Å². The average Bonchev–Trinajstić information content (AvgIpc) is 3.67. The van der Waals surface area contributed by atoms with Gasteiger partial charge in [0, 0.05) is 18.9 Å². The smallest absolute Gasteiger partial charge is 0.137 e. The van der Waals surface area contributed by atoms with Gasteiger partial charge in [-0.1, -0.05) is 36.4 Å². The lowest BCUT2D eigenvalue weighted by Gasteiger charge is -2.43. The van der Waals surface area contributed by atoms with Gasteiger partial charge in [0.25, 0.3) is 0 Å². The lowest BCUT2D eigenvalue weighted by atomic mass is 9.92. The standard InChI is InChI=1S/C27H30N9/c1-33-27(14-15-28-33)22-9-8-16-36(19-22,20-23-17-29-34(31-23)25-10-4-2-5-11-25)21-24-18-30-35(32-24)26-12-6-3-7-13-26/h2-7,10-15,17-18,22H,8-9,16,19-21H2,1H3/q+1/t22-/m0/s1. The van der Waals surface area contributed by atoms with E-state index in [4.69, 9.17) is 10.2 Å². The highest BCUT2D eigenvalue weighted by Crippen LogP contribution is 2.34. The third-order valence-electron chi connectivity index (χ3n) is 7.12. The largest absolute Gasteiger partial charge is 0.313 e. The first kappa shape index (κ1) is 22.4. The van der Waals surface area contributed by atoms with Crippen molar-refractivity contribution >= 4 is 0 Å². The van der Waals surface area contributed by atoms with Gasteiger partial charge in [-0.15, -0.1) is 10.2 Å². The number of rotatable bonds is 7. The molecule has 9 heteroatoms. The second-order valence-electron chi connectivity index (χ2n) is 9.70. The molecule has 0 unspecified atom stereocenters. The van der Waals surface area contributed by atoms with E-state index in [9.17, 15) is 0 Å². The molecule has 182 valence electrons. The van der Waals surface area contributed by atoms with Crippen molar-refractivity contribution in [3.05, 3.63) is 102 Å². The van der Waals surface area contributed by atoms with E-state index in [0.29, 0.717) is 5.92 Å². The van der Waals surface area contributed by atoms with Crippen LogP contribution in [-0.2, 0) is 20.1 Å². The number of likely N-dealkylation sites (tertiary alicyclic amines) is 1. The normalized spacial score (nSPS) is 17.3. The average molecular weight is 481 g/mol. The van der Waals surface area contributed by atoms with E-state index in [1.807, 2.05) is 91.0 Å². The molecular formula is C27H30N9+. The molecule has 4 heterocycles. The molecule has 2 aromatic carbocycles. The zero-order valence-corrected chi connectivity index (χ0v) is 20.4. The monoisotopic (exact) mass is 480 g/mol. The zero-order chi connectivity index (χ0) is 24.4. The highest BCUT2D eigenvalue weighted by molar-refractivity contribution is 5.29. The fourth-order valence-corrected chi connectivity index (χ4v) is 5.49. The molecule has 0 saturated carbocycles. The van der Waals surface area contributed by atoms with Crippen LogP contribution in [0.2, 0.25) is 0 Å². The van der Waals surface area contributed by atoms with Crippen LogP contribution in [-0.4, -0.2) is 57.3 Å². The summed E-state index contributed by atoms with van der Waals surface area (Å²) in [4.78, 5) is 3.44. The Labute approximate surface area is 210 Å². The van der Waals surface area contributed by atoms with Gasteiger partial charge in [0.05, 0.1) is 42.8 Å². The Morgan fingerprint density at radius 3 is 1.89 bits per heavy atom. The van der Waals surface area contributed by atoms with Crippen molar-refractivity contribution in [1.29, 1.82) is 0 Å². The molecule has 0 spiro atoms. The van der Waals surface area contributed by atoms with Crippen LogP contribution < -0.4 is 0 Å². The predicted molar refractivity (Wildman–Crippen MR) is 135 cm³/mol. The van der Waals surface area contributed by atoms with Crippen LogP contribution in [0.15, 0.2) is 85.3 Å². The minimum absolute atomic E-state index is 0.430. The maximum atomic E-state index is 4.85. The molecule has 6 rings (SSSR count). The molecule has 3 aromatic heterocycles. The number of aromatic nitrogens is 8. The van der Waals surface area contributed by atoms with E-state index < -0.39 is 0 Å². The van der Waals surface area contributed by atoms with Crippen molar-refractivity contribution in [2.24, 2.45) is 7.05 Å². The van der Waals surface area contributed by atoms with E-state index in [2.05, 4.69) is 21.4 Å². The summed E-state index contributed by atoms with van der Waals surface area (Å²) in [6.07, 6.45) is 8.00. The van der Waals surface area contributed by atoms with Gasteiger partial charge in [0.1, 0.15) is 24.5 Å². The highest BCUT2D eigenvalue weighted by atomic mass is 15.5. The van der Waals surface area contributed by atoms with Crippen LogP contribution in [0.25, 0.3) is 11.4 Å². The van der Waals surface area contributed by atoms with Gasteiger partial charge in [-0.25, -0.2) is 0 Å². The predicted octanol–water partition coefficient (Wildman–Crippen LogP) is 3.68. The van der Waals surface area contributed by atoms with Crippen LogP contribution >= 0.6 is 0 Å². The van der Waals surface area contributed by atoms with E-state index in [0.717, 1.165) is 66.3 Å². The maximum Gasteiger partial charge on any atom is 0.137 e. The Morgan fingerprint density at radius 2 is 1.36 bits per heavy atom. The molecule has 1 saturated heterocycles. The second-order valence-corrected chi connectivity index (χ2v) is 9.70. The van der Waals surface area contributed by atoms with Crippen LogP contribution in [0.3, 0.4) is 0 Å². The van der Waals surface area contributed by atoms with Crippen LogP contribution in [0.5, 0.6) is 0 Å². The zero-order valence-electron chi connectivity index (χ0n) is 20.4. The summed E-state index contributed by atoms with van der Waals surface area (Å²) in [5, 5.41) is 23.3. The number of aryl methyl sites for hydroxylation is 1. The Hall–Kier alpha value is -4.11. The van der Waals surface area contributed by atoms with Gasteiger partial charge in [0.2, 0.25) is 0 Å². The number of quaternary nitrogens is 1. The van der Waals surface area contributed by atoms with E-state index in [1.54, 1.807) is 9.59 Å². The summed E-state index contributed by atoms with van der Waals surface area (Å²) in [5.74, 6) is 0.430. The Balaban J connectivity index is 1.31. The van der Waals surface area contributed by atoms with Gasteiger partial charge in [0.15, 0.2) is 0 Å².